The summed E-state index contributed by atoms with van der Waals surface area (Å²) < 4.78 is 18.5. The molecular formula is C23H25ClFN3O2. The standard InChI is InChI=1S/C23H25ClFN3O2/c1-22(13-30-14-22)12-28-19(29)11-23(2,27-21(28)26)18-5-3-4-16(20(18)24)10-15-6-8-17(25)9-7-15/h3-9H,10-14H2,1-2H3,(H2,26,27)/t23-/m0/s1. The van der Waals surface area contributed by atoms with E-state index in [4.69, 9.17) is 27.1 Å². The average Bonchev–Trinajstić information content (AvgIpc) is 2.66. The summed E-state index contributed by atoms with van der Waals surface area (Å²) in [5, 5.41) is 0.557. The van der Waals surface area contributed by atoms with Gasteiger partial charge in [-0.05, 0) is 42.2 Å². The topological polar surface area (TPSA) is 67.9 Å². The predicted octanol–water partition coefficient (Wildman–Crippen LogP) is 3.87. The molecule has 2 aromatic carbocycles. The molecule has 1 saturated heterocycles. The molecule has 1 amide bonds. The zero-order valence-corrected chi connectivity index (χ0v) is 17.9. The molecule has 0 spiro atoms. The van der Waals surface area contributed by atoms with Crippen molar-refractivity contribution in [2.45, 2.75) is 32.2 Å². The van der Waals surface area contributed by atoms with Crippen molar-refractivity contribution in [1.29, 1.82) is 0 Å². The number of ether oxygens (including phenoxy) is 1. The minimum Gasteiger partial charge on any atom is -0.380 e. The van der Waals surface area contributed by atoms with Crippen molar-refractivity contribution in [3.63, 3.8) is 0 Å². The summed E-state index contributed by atoms with van der Waals surface area (Å²) in [5.41, 5.74) is 7.90. The van der Waals surface area contributed by atoms with Gasteiger partial charge in [-0.3, -0.25) is 9.69 Å². The molecule has 2 aliphatic rings. The molecule has 0 unspecified atom stereocenters. The molecule has 2 heterocycles. The van der Waals surface area contributed by atoms with Gasteiger partial charge in [0.1, 0.15) is 5.82 Å². The summed E-state index contributed by atoms with van der Waals surface area (Å²) in [4.78, 5) is 19.2. The summed E-state index contributed by atoms with van der Waals surface area (Å²) in [6.45, 7) is 5.67. The third-order valence-electron chi connectivity index (χ3n) is 5.84. The normalized spacial score (nSPS) is 23.1. The van der Waals surface area contributed by atoms with Gasteiger partial charge in [0.25, 0.3) is 0 Å². The summed E-state index contributed by atoms with van der Waals surface area (Å²) in [5.74, 6) is -0.136. The first kappa shape index (κ1) is 20.8. The van der Waals surface area contributed by atoms with Crippen molar-refractivity contribution in [3.8, 4) is 0 Å². The summed E-state index contributed by atoms with van der Waals surface area (Å²) in [7, 11) is 0. The number of hydrogen-bond donors (Lipinski definition) is 1. The van der Waals surface area contributed by atoms with E-state index in [1.165, 1.54) is 12.1 Å². The first-order valence-electron chi connectivity index (χ1n) is 9.95. The van der Waals surface area contributed by atoms with Crippen LogP contribution in [0, 0.1) is 11.2 Å². The lowest BCUT2D eigenvalue weighted by Crippen LogP contribution is -2.57. The lowest BCUT2D eigenvalue weighted by atomic mass is 9.84. The molecule has 1 atom stereocenters. The van der Waals surface area contributed by atoms with Gasteiger partial charge in [0, 0.05) is 17.0 Å². The van der Waals surface area contributed by atoms with Gasteiger partial charge in [0.2, 0.25) is 5.91 Å². The second-order valence-electron chi connectivity index (χ2n) is 8.79. The highest BCUT2D eigenvalue weighted by atomic mass is 35.5. The van der Waals surface area contributed by atoms with Gasteiger partial charge >= 0.3 is 0 Å². The van der Waals surface area contributed by atoms with E-state index >= 15 is 0 Å². The van der Waals surface area contributed by atoms with Crippen molar-refractivity contribution in [2.24, 2.45) is 16.1 Å². The third kappa shape index (κ3) is 3.94. The summed E-state index contributed by atoms with van der Waals surface area (Å²) >= 11 is 6.76. The van der Waals surface area contributed by atoms with E-state index in [1.54, 1.807) is 17.0 Å². The van der Waals surface area contributed by atoms with Crippen LogP contribution >= 0.6 is 11.6 Å². The van der Waals surface area contributed by atoms with Crippen LogP contribution in [-0.4, -0.2) is 36.5 Å². The number of aliphatic imine (C=N–C) groups is 1. The van der Waals surface area contributed by atoms with E-state index in [2.05, 4.69) is 6.92 Å². The van der Waals surface area contributed by atoms with Crippen LogP contribution in [0.3, 0.4) is 0 Å². The van der Waals surface area contributed by atoms with Gasteiger partial charge in [-0.1, -0.05) is 48.9 Å². The smallest absolute Gasteiger partial charge is 0.232 e. The van der Waals surface area contributed by atoms with E-state index in [0.29, 0.717) is 31.2 Å². The zero-order valence-electron chi connectivity index (χ0n) is 17.1. The lowest BCUT2D eigenvalue weighted by molar-refractivity contribution is -0.139. The quantitative estimate of drug-likeness (QED) is 0.784. The van der Waals surface area contributed by atoms with Crippen LogP contribution in [-0.2, 0) is 21.5 Å². The molecule has 158 valence electrons. The number of nitrogens with two attached hydrogens (primary N) is 1. The van der Waals surface area contributed by atoms with E-state index in [9.17, 15) is 9.18 Å². The van der Waals surface area contributed by atoms with Crippen LogP contribution in [0.25, 0.3) is 0 Å². The van der Waals surface area contributed by atoms with Crippen molar-refractivity contribution >= 4 is 23.5 Å². The van der Waals surface area contributed by atoms with E-state index < -0.39 is 5.54 Å². The Balaban J connectivity index is 1.62. The predicted molar refractivity (Wildman–Crippen MR) is 115 cm³/mol. The minimum atomic E-state index is -0.843. The maximum Gasteiger partial charge on any atom is 0.232 e. The number of guanidine groups is 1. The van der Waals surface area contributed by atoms with Gasteiger partial charge in [-0.15, -0.1) is 0 Å². The monoisotopic (exact) mass is 429 g/mol. The van der Waals surface area contributed by atoms with Crippen molar-refractivity contribution in [2.75, 3.05) is 19.8 Å². The van der Waals surface area contributed by atoms with Crippen LogP contribution < -0.4 is 5.73 Å². The van der Waals surface area contributed by atoms with Gasteiger partial charge in [0.15, 0.2) is 5.96 Å². The average molecular weight is 430 g/mol. The van der Waals surface area contributed by atoms with E-state index in [1.807, 2.05) is 25.1 Å². The number of nitrogens with zero attached hydrogens (tertiary/aromatic N) is 2. The van der Waals surface area contributed by atoms with E-state index in [0.717, 1.165) is 16.7 Å². The van der Waals surface area contributed by atoms with Crippen LogP contribution in [0.15, 0.2) is 47.5 Å². The second-order valence-corrected chi connectivity index (χ2v) is 9.16. The highest BCUT2D eigenvalue weighted by molar-refractivity contribution is 6.32. The van der Waals surface area contributed by atoms with Crippen molar-refractivity contribution < 1.29 is 13.9 Å². The van der Waals surface area contributed by atoms with Gasteiger partial charge in [0.05, 0.1) is 25.2 Å². The van der Waals surface area contributed by atoms with Gasteiger partial charge < -0.3 is 10.5 Å². The highest BCUT2D eigenvalue weighted by Gasteiger charge is 2.43. The number of carbonyl (C=O) groups is 1. The maximum atomic E-state index is 13.2. The van der Waals surface area contributed by atoms with Gasteiger partial charge in [-0.25, -0.2) is 9.38 Å². The molecule has 2 aromatic rings. The van der Waals surface area contributed by atoms with Crippen LogP contribution in [0.5, 0.6) is 0 Å². The molecule has 5 nitrogen and oxygen atoms in total. The Morgan fingerprint density at radius 1 is 1.20 bits per heavy atom. The molecule has 0 bridgehead atoms. The zero-order chi connectivity index (χ0) is 21.5. The Labute approximate surface area is 180 Å². The fraction of sp³-hybridized carbons (Fsp3) is 0.391. The Bertz CT molecular complexity index is 1000. The number of carbonyl (C=O) groups excluding carboxylic acids is 1. The molecule has 2 aliphatic heterocycles. The number of amides is 1. The molecule has 4 rings (SSSR count). The Morgan fingerprint density at radius 2 is 1.90 bits per heavy atom. The number of benzene rings is 2. The molecule has 2 N–H and O–H groups in total. The molecule has 0 aliphatic carbocycles. The molecule has 30 heavy (non-hydrogen) atoms. The van der Waals surface area contributed by atoms with Crippen LogP contribution in [0.2, 0.25) is 5.02 Å². The Morgan fingerprint density at radius 3 is 2.50 bits per heavy atom. The molecule has 0 aromatic heterocycles. The number of halogens is 2. The minimum absolute atomic E-state index is 0.0712. The molecule has 7 heteroatoms. The Hall–Kier alpha value is -2.44. The number of hydrogen-bond acceptors (Lipinski definition) is 4. The summed E-state index contributed by atoms with van der Waals surface area (Å²) in [6, 6.07) is 12.1. The Kier molecular flexibility index (Phi) is 5.32. The van der Waals surface area contributed by atoms with Crippen molar-refractivity contribution in [1.82, 2.24) is 4.90 Å². The number of rotatable bonds is 5. The first-order chi connectivity index (χ1) is 14.2. The highest BCUT2D eigenvalue weighted by Crippen LogP contribution is 2.40. The second kappa shape index (κ2) is 7.67. The van der Waals surface area contributed by atoms with Crippen LogP contribution in [0.1, 0.15) is 37.0 Å². The van der Waals surface area contributed by atoms with Gasteiger partial charge in [-0.2, -0.15) is 0 Å². The molecule has 0 saturated carbocycles. The fourth-order valence-corrected chi connectivity index (χ4v) is 4.47. The molecule has 1 fully saturated rings. The third-order valence-corrected chi connectivity index (χ3v) is 6.29. The molecular weight excluding hydrogens is 405 g/mol. The largest absolute Gasteiger partial charge is 0.380 e. The first-order valence-corrected chi connectivity index (χ1v) is 10.3. The van der Waals surface area contributed by atoms with Crippen molar-refractivity contribution in [3.05, 3.63) is 70.0 Å². The van der Waals surface area contributed by atoms with E-state index in [-0.39, 0.29) is 29.5 Å². The fourth-order valence-electron chi connectivity index (χ4n) is 4.07. The molecule has 0 radical (unpaired) electrons. The lowest BCUT2D eigenvalue weighted by Gasteiger charge is -2.44. The SMILES string of the molecule is CC1(CN2C(=O)C[C@@](C)(c3cccc(Cc4ccc(F)cc4)c3Cl)N=C2N)COC1. The summed E-state index contributed by atoms with van der Waals surface area (Å²) in [6.07, 6.45) is 0.741. The van der Waals surface area contributed by atoms with Crippen LogP contribution in [0.4, 0.5) is 4.39 Å². The maximum absolute atomic E-state index is 13.2.